The van der Waals surface area contributed by atoms with Crippen LogP contribution in [0.15, 0.2) is 6.20 Å². The van der Waals surface area contributed by atoms with Gasteiger partial charge >= 0.3 is 0 Å². The van der Waals surface area contributed by atoms with E-state index in [1.165, 1.54) is 4.68 Å². The monoisotopic (exact) mass is 342 g/mol. The number of aliphatic hydroxyl groups is 1. The summed E-state index contributed by atoms with van der Waals surface area (Å²) in [6.45, 7) is 3.87. The molecule has 0 aromatic carbocycles. The van der Waals surface area contributed by atoms with E-state index in [2.05, 4.69) is 22.6 Å². The molecule has 1 unspecified atom stereocenters. The molecule has 0 aliphatic rings. The van der Waals surface area contributed by atoms with Gasteiger partial charge in [-0.15, -0.1) is 5.10 Å². The van der Waals surface area contributed by atoms with Crippen LogP contribution in [-0.2, 0) is 27.4 Å². The van der Waals surface area contributed by atoms with Gasteiger partial charge in [-0.3, -0.25) is 4.79 Å². The number of aliphatic hydroxyl groups excluding tert-OH is 1. The Balaban J connectivity index is 2.33. The van der Waals surface area contributed by atoms with Gasteiger partial charge in [-0.25, -0.2) is 4.68 Å². The highest BCUT2D eigenvalue weighted by Gasteiger charge is 2.13. The van der Waals surface area contributed by atoms with E-state index in [0.717, 1.165) is 32.1 Å². The first-order chi connectivity index (χ1) is 11.7. The second-order valence-electron chi connectivity index (χ2n) is 5.75. The summed E-state index contributed by atoms with van der Waals surface area (Å²) < 4.78 is 12.1. The van der Waals surface area contributed by atoms with Crippen LogP contribution in [0.5, 0.6) is 0 Å². The SMILES string of the molecule is CCCCC(COC)NC(=O)Cn1cc(COCCCCO)nn1. The number of nitrogens with one attached hydrogen (secondary N) is 1. The van der Waals surface area contributed by atoms with Gasteiger partial charge < -0.3 is 19.9 Å². The fraction of sp³-hybridized carbons (Fsp3) is 0.812. The number of hydrogen-bond donors (Lipinski definition) is 2. The topological polar surface area (TPSA) is 98.5 Å². The Morgan fingerprint density at radius 3 is 2.96 bits per heavy atom. The lowest BCUT2D eigenvalue weighted by Crippen LogP contribution is -2.39. The van der Waals surface area contributed by atoms with Crippen LogP contribution >= 0.6 is 0 Å². The second-order valence-corrected chi connectivity index (χ2v) is 5.75. The predicted octanol–water partition coefficient (Wildman–Crippen LogP) is 0.889. The molecule has 0 radical (unpaired) electrons. The molecule has 0 saturated heterocycles. The first kappa shape index (κ1) is 20.5. The Bertz CT molecular complexity index is 453. The van der Waals surface area contributed by atoms with Gasteiger partial charge in [0, 0.05) is 20.3 Å². The summed E-state index contributed by atoms with van der Waals surface area (Å²) in [5.41, 5.74) is 0.686. The summed E-state index contributed by atoms with van der Waals surface area (Å²) in [6.07, 6.45) is 6.29. The van der Waals surface area contributed by atoms with Gasteiger partial charge in [0.15, 0.2) is 0 Å². The molecule has 24 heavy (non-hydrogen) atoms. The van der Waals surface area contributed by atoms with Gasteiger partial charge in [0.1, 0.15) is 12.2 Å². The third-order valence-electron chi connectivity index (χ3n) is 3.48. The average Bonchev–Trinajstić information content (AvgIpc) is 2.99. The van der Waals surface area contributed by atoms with Crippen molar-refractivity contribution in [2.24, 2.45) is 0 Å². The van der Waals surface area contributed by atoms with Gasteiger partial charge in [-0.1, -0.05) is 25.0 Å². The molecular weight excluding hydrogens is 312 g/mol. The number of carbonyl (C=O) groups is 1. The lowest BCUT2D eigenvalue weighted by molar-refractivity contribution is -0.123. The summed E-state index contributed by atoms with van der Waals surface area (Å²) in [6, 6.07) is 0.0281. The minimum Gasteiger partial charge on any atom is -0.396 e. The number of amides is 1. The Kier molecular flexibility index (Phi) is 11.0. The van der Waals surface area contributed by atoms with Crippen molar-refractivity contribution in [3.8, 4) is 0 Å². The molecule has 0 saturated carbocycles. The van der Waals surface area contributed by atoms with Crippen LogP contribution in [0.1, 0.15) is 44.7 Å². The van der Waals surface area contributed by atoms with Gasteiger partial charge in [-0.2, -0.15) is 0 Å². The molecule has 138 valence electrons. The number of aromatic nitrogens is 3. The van der Waals surface area contributed by atoms with Crippen molar-refractivity contribution in [2.75, 3.05) is 26.9 Å². The molecule has 0 aliphatic carbocycles. The second kappa shape index (κ2) is 12.9. The highest BCUT2D eigenvalue weighted by atomic mass is 16.5. The highest BCUT2D eigenvalue weighted by molar-refractivity contribution is 5.75. The largest absolute Gasteiger partial charge is 0.396 e. The number of unbranched alkanes of at least 4 members (excludes halogenated alkanes) is 2. The van der Waals surface area contributed by atoms with E-state index >= 15 is 0 Å². The smallest absolute Gasteiger partial charge is 0.242 e. The number of carbonyl (C=O) groups excluding carboxylic acids is 1. The average molecular weight is 342 g/mol. The lowest BCUT2D eigenvalue weighted by atomic mass is 10.1. The minimum absolute atomic E-state index is 0.0281. The van der Waals surface area contributed by atoms with Crippen LogP contribution in [0.3, 0.4) is 0 Å². The standard InChI is InChI=1S/C16H30N4O4/c1-3-4-7-14(12-23-2)17-16(22)11-20-10-15(18-19-20)13-24-9-6-5-8-21/h10,14,21H,3-9,11-13H2,1-2H3,(H,17,22). The third kappa shape index (κ3) is 8.95. The molecule has 8 heteroatoms. The van der Waals surface area contributed by atoms with E-state index in [9.17, 15) is 4.79 Å². The van der Waals surface area contributed by atoms with Crippen LogP contribution in [0.4, 0.5) is 0 Å². The van der Waals surface area contributed by atoms with Crippen molar-refractivity contribution in [2.45, 2.75) is 58.2 Å². The summed E-state index contributed by atoms with van der Waals surface area (Å²) in [7, 11) is 1.63. The summed E-state index contributed by atoms with van der Waals surface area (Å²) >= 11 is 0. The molecular formula is C16H30N4O4. The molecule has 1 aromatic heterocycles. The first-order valence-corrected chi connectivity index (χ1v) is 8.55. The Hall–Kier alpha value is -1.51. The Labute approximate surface area is 143 Å². The van der Waals surface area contributed by atoms with Gasteiger partial charge in [0.2, 0.25) is 5.91 Å². The number of rotatable bonds is 14. The van der Waals surface area contributed by atoms with E-state index in [4.69, 9.17) is 14.6 Å². The van der Waals surface area contributed by atoms with E-state index < -0.39 is 0 Å². The molecule has 1 rings (SSSR count). The van der Waals surface area contributed by atoms with Gasteiger partial charge in [0.25, 0.3) is 0 Å². The molecule has 2 N–H and O–H groups in total. The van der Waals surface area contributed by atoms with Crippen LogP contribution in [0, 0.1) is 0 Å². The maximum Gasteiger partial charge on any atom is 0.242 e. The van der Waals surface area contributed by atoms with Gasteiger partial charge in [-0.05, 0) is 19.3 Å². The molecule has 1 amide bonds. The molecule has 8 nitrogen and oxygen atoms in total. The lowest BCUT2D eigenvalue weighted by Gasteiger charge is -2.17. The number of nitrogens with zero attached hydrogens (tertiary/aromatic N) is 3. The molecule has 1 atom stereocenters. The van der Waals surface area contributed by atoms with E-state index in [1.54, 1.807) is 13.3 Å². The number of ether oxygens (including phenoxy) is 2. The fourth-order valence-electron chi connectivity index (χ4n) is 2.24. The maximum absolute atomic E-state index is 12.1. The zero-order valence-corrected chi connectivity index (χ0v) is 14.7. The van der Waals surface area contributed by atoms with Crippen molar-refractivity contribution >= 4 is 5.91 Å². The number of methoxy groups -OCH3 is 1. The maximum atomic E-state index is 12.1. The Morgan fingerprint density at radius 1 is 1.42 bits per heavy atom. The predicted molar refractivity (Wildman–Crippen MR) is 89.3 cm³/mol. The summed E-state index contributed by atoms with van der Waals surface area (Å²) in [5, 5.41) is 19.6. The molecule has 0 fully saturated rings. The molecule has 0 spiro atoms. The van der Waals surface area contributed by atoms with Crippen molar-refractivity contribution in [1.82, 2.24) is 20.3 Å². The normalized spacial score (nSPS) is 12.3. The summed E-state index contributed by atoms with van der Waals surface area (Å²) in [5.74, 6) is -0.103. The van der Waals surface area contributed by atoms with Crippen molar-refractivity contribution in [1.29, 1.82) is 0 Å². The fourth-order valence-corrected chi connectivity index (χ4v) is 2.24. The molecule has 1 heterocycles. The zero-order chi connectivity index (χ0) is 17.6. The quantitative estimate of drug-likeness (QED) is 0.487. The van der Waals surface area contributed by atoms with Crippen molar-refractivity contribution in [3.63, 3.8) is 0 Å². The van der Waals surface area contributed by atoms with E-state index in [0.29, 0.717) is 25.5 Å². The third-order valence-corrected chi connectivity index (χ3v) is 3.48. The van der Waals surface area contributed by atoms with Gasteiger partial charge in [0.05, 0.1) is 25.5 Å². The van der Waals surface area contributed by atoms with E-state index in [-0.39, 0.29) is 25.1 Å². The van der Waals surface area contributed by atoms with Crippen molar-refractivity contribution < 1.29 is 19.4 Å². The van der Waals surface area contributed by atoms with Crippen molar-refractivity contribution in [3.05, 3.63) is 11.9 Å². The summed E-state index contributed by atoms with van der Waals surface area (Å²) in [4.78, 5) is 12.1. The first-order valence-electron chi connectivity index (χ1n) is 8.55. The van der Waals surface area contributed by atoms with Crippen LogP contribution < -0.4 is 5.32 Å². The molecule has 0 aliphatic heterocycles. The number of hydrogen-bond acceptors (Lipinski definition) is 6. The Morgan fingerprint density at radius 2 is 2.25 bits per heavy atom. The van der Waals surface area contributed by atoms with Crippen LogP contribution in [-0.4, -0.2) is 59.0 Å². The molecule has 1 aromatic rings. The highest BCUT2D eigenvalue weighted by Crippen LogP contribution is 2.02. The minimum atomic E-state index is -0.103. The van der Waals surface area contributed by atoms with Crippen LogP contribution in [0.25, 0.3) is 0 Å². The molecule has 0 bridgehead atoms. The van der Waals surface area contributed by atoms with Crippen LogP contribution in [0.2, 0.25) is 0 Å². The van der Waals surface area contributed by atoms with E-state index in [1.807, 2.05) is 0 Å². The zero-order valence-electron chi connectivity index (χ0n) is 14.7.